The molecule has 1 aliphatic carbocycles. The summed E-state index contributed by atoms with van der Waals surface area (Å²) in [6, 6.07) is 2.93. The molecule has 4 unspecified atom stereocenters. The lowest BCUT2D eigenvalue weighted by Crippen LogP contribution is -2.37. The second-order valence-corrected chi connectivity index (χ2v) is 10.6. The molecule has 0 radical (unpaired) electrons. The number of nitrogens with zero attached hydrogens (tertiary/aromatic N) is 2. The predicted molar refractivity (Wildman–Crippen MR) is 104 cm³/mol. The van der Waals surface area contributed by atoms with E-state index in [0.717, 1.165) is 31.4 Å². The van der Waals surface area contributed by atoms with Crippen LogP contribution in [0.1, 0.15) is 23.7 Å². The van der Waals surface area contributed by atoms with Gasteiger partial charge in [-0.05, 0) is 37.5 Å². The van der Waals surface area contributed by atoms with Crippen molar-refractivity contribution < 1.29 is 49.1 Å². The summed E-state index contributed by atoms with van der Waals surface area (Å²) >= 11 is 0. The number of halogens is 6. The van der Waals surface area contributed by atoms with Gasteiger partial charge >= 0.3 is 12.4 Å². The van der Waals surface area contributed by atoms with Gasteiger partial charge in [0, 0.05) is 19.3 Å². The quantitative estimate of drug-likeness (QED) is 0.606. The summed E-state index contributed by atoms with van der Waals surface area (Å²) < 4.78 is 106. The maximum atomic E-state index is 13.2. The van der Waals surface area contributed by atoms with Gasteiger partial charge in [0.05, 0.1) is 15.9 Å². The van der Waals surface area contributed by atoms with Crippen molar-refractivity contribution in [3.63, 3.8) is 0 Å². The average molecular weight is 515 g/mol. The van der Waals surface area contributed by atoms with Gasteiger partial charge in [-0.15, -0.1) is 5.48 Å². The lowest BCUT2D eigenvalue weighted by molar-refractivity contribution is -0.189. The molecular formula is C19H19F6N3O5S. The monoisotopic (exact) mass is 515 g/mol. The molecule has 2 fully saturated rings. The molecule has 15 heteroatoms. The lowest BCUT2D eigenvalue weighted by Gasteiger charge is -2.24. The molecule has 4 atom stereocenters. The number of carbonyl (C=O) groups excluding carboxylic acids is 1. The van der Waals surface area contributed by atoms with Crippen molar-refractivity contribution in [2.75, 3.05) is 19.3 Å². The first kappa shape index (κ1) is 24.6. The van der Waals surface area contributed by atoms with Gasteiger partial charge in [0.2, 0.25) is 12.1 Å². The number of hydrogen-bond donors (Lipinski definition) is 1. The Hall–Kier alpha value is -2.55. The number of hydroxylamine groups is 1. The van der Waals surface area contributed by atoms with Crippen LogP contribution in [0.25, 0.3) is 0 Å². The first-order valence-electron chi connectivity index (χ1n) is 9.96. The molecule has 1 amide bonds. The minimum Gasteiger partial charge on any atom is -0.480 e. The number of likely N-dealkylation sites (tertiary alicyclic amines) is 1. The van der Waals surface area contributed by atoms with E-state index in [-0.39, 0.29) is 29.8 Å². The van der Waals surface area contributed by atoms with E-state index in [4.69, 9.17) is 9.57 Å². The molecule has 8 nitrogen and oxygen atoms in total. The third-order valence-electron chi connectivity index (χ3n) is 6.06. The summed E-state index contributed by atoms with van der Waals surface area (Å²) in [5.74, 6) is -1.74. The molecule has 34 heavy (non-hydrogen) atoms. The van der Waals surface area contributed by atoms with Crippen LogP contribution >= 0.6 is 0 Å². The van der Waals surface area contributed by atoms with E-state index in [0.29, 0.717) is 6.42 Å². The van der Waals surface area contributed by atoms with Crippen LogP contribution in [0.15, 0.2) is 28.1 Å². The van der Waals surface area contributed by atoms with Crippen LogP contribution in [0, 0.1) is 11.3 Å². The van der Waals surface area contributed by atoms with Crippen molar-refractivity contribution in [2.24, 2.45) is 16.3 Å². The molecule has 1 N–H and O–H groups in total. The molecule has 3 aliphatic rings. The second kappa shape index (κ2) is 7.73. The van der Waals surface area contributed by atoms with Gasteiger partial charge in [-0.2, -0.15) is 26.3 Å². The molecule has 2 aliphatic heterocycles. The van der Waals surface area contributed by atoms with Crippen molar-refractivity contribution in [1.29, 1.82) is 0 Å². The van der Waals surface area contributed by atoms with Crippen LogP contribution in [0.2, 0.25) is 0 Å². The normalized spacial score (nSPS) is 27.6. The first-order valence-corrected chi connectivity index (χ1v) is 11.9. The minimum absolute atomic E-state index is 0.0786. The number of hydrogen-bond acceptors (Lipinski definition) is 7. The van der Waals surface area contributed by atoms with Gasteiger partial charge in [0.25, 0.3) is 5.91 Å². The first-order chi connectivity index (χ1) is 15.5. The van der Waals surface area contributed by atoms with Gasteiger partial charge in [0.15, 0.2) is 15.9 Å². The standard InChI is InChI=1S/C19H19F6N3O5S/c1-9(18(20,21)22)32-13-4-3-11(34(2,30)31)5-12(13)14(29)28-7-10-6-17(10,8-28)16-26-15(27-33-16)19(23,24)25/h3-5,9-10,15,27H,6-8H2,1-2H3. The maximum Gasteiger partial charge on any atom is 0.427 e. The zero-order valence-electron chi connectivity index (χ0n) is 17.7. The second-order valence-electron chi connectivity index (χ2n) is 8.57. The van der Waals surface area contributed by atoms with Crippen molar-refractivity contribution in [2.45, 2.75) is 42.9 Å². The largest absolute Gasteiger partial charge is 0.480 e. The number of piperidine rings is 1. The number of ether oxygens (including phenoxy) is 1. The number of fused-ring (bicyclic) bond motifs is 1. The van der Waals surface area contributed by atoms with Gasteiger partial charge < -0.3 is 14.5 Å². The number of alkyl halides is 6. The Morgan fingerprint density at radius 3 is 2.53 bits per heavy atom. The molecule has 0 aromatic heterocycles. The molecule has 1 aromatic rings. The van der Waals surface area contributed by atoms with Crippen LogP contribution in [-0.2, 0) is 14.7 Å². The Morgan fingerprint density at radius 1 is 1.29 bits per heavy atom. The van der Waals surface area contributed by atoms with E-state index in [9.17, 15) is 39.6 Å². The molecule has 1 saturated carbocycles. The van der Waals surface area contributed by atoms with Crippen LogP contribution < -0.4 is 10.2 Å². The fourth-order valence-corrected chi connectivity index (χ4v) is 4.71. The average Bonchev–Trinajstić information content (AvgIpc) is 3.07. The summed E-state index contributed by atoms with van der Waals surface area (Å²) in [5.41, 5.74) is 0.441. The van der Waals surface area contributed by atoms with Gasteiger partial charge in [-0.1, -0.05) is 0 Å². The fourth-order valence-electron chi connectivity index (χ4n) is 4.06. The van der Waals surface area contributed by atoms with Crippen LogP contribution in [-0.4, -0.2) is 69.1 Å². The number of rotatable bonds is 5. The van der Waals surface area contributed by atoms with Crippen LogP contribution in [0.3, 0.4) is 0 Å². The van der Waals surface area contributed by atoms with Crippen LogP contribution in [0.5, 0.6) is 5.75 Å². The van der Waals surface area contributed by atoms with Gasteiger partial charge in [-0.25, -0.2) is 13.4 Å². The van der Waals surface area contributed by atoms with Crippen molar-refractivity contribution in [3.8, 4) is 5.75 Å². The van der Waals surface area contributed by atoms with E-state index < -0.39 is 57.1 Å². The molecule has 0 spiro atoms. The predicted octanol–water partition coefficient (Wildman–Crippen LogP) is 2.70. The Labute approximate surface area is 189 Å². The van der Waals surface area contributed by atoms with Crippen LogP contribution in [0.4, 0.5) is 26.3 Å². The van der Waals surface area contributed by atoms with Crippen molar-refractivity contribution in [1.82, 2.24) is 10.4 Å². The summed E-state index contributed by atoms with van der Waals surface area (Å²) in [6.45, 7) is 0.715. The summed E-state index contributed by atoms with van der Waals surface area (Å²) in [4.78, 5) is 22.6. The molecule has 0 bridgehead atoms. The van der Waals surface area contributed by atoms with E-state index >= 15 is 0 Å². The highest BCUT2D eigenvalue weighted by atomic mass is 32.2. The number of aliphatic imine (C=N–C) groups is 1. The molecule has 188 valence electrons. The summed E-state index contributed by atoms with van der Waals surface area (Å²) in [5, 5.41) is 0. The van der Waals surface area contributed by atoms with Gasteiger partial charge in [-0.3, -0.25) is 4.79 Å². The number of nitrogens with one attached hydrogen (secondary N) is 1. The fraction of sp³-hybridized carbons (Fsp3) is 0.579. The molecule has 2 heterocycles. The highest BCUT2D eigenvalue weighted by Crippen LogP contribution is 2.59. The van der Waals surface area contributed by atoms with Crippen molar-refractivity contribution in [3.05, 3.63) is 23.8 Å². The number of sulfone groups is 1. The topological polar surface area (TPSA) is 97.3 Å². The van der Waals surface area contributed by atoms with Crippen molar-refractivity contribution >= 4 is 21.6 Å². The highest BCUT2D eigenvalue weighted by molar-refractivity contribution is 7.90. The Bertz CT molecular complexity index is 1150. The Balaban J connectivity index is 1.61. The van der Waals surface area contributed by atoms with E-state index in [1.54, 1.807) is 5.48 Å². The third-order valence-corrected chi connectivity index (χ3v) is 7.17. The zero-order chi connectivity index (χ0) is 25.3. The highest BCUT2D eigenvalue weighted by Gasteiger charge is 2.67. The zero-order valence-corrected chi connectivity index (χ0v) is 18.5. The van der Waals surface area contributed by atoms with E-state index in [1.165, 1.54) is 4.90 Å². The SMILES string of the molecule is CC(Oc1ccc(S(C)(=O)=O)cc1C(=O)N1CC2CC2(C2=NC(C(F)(F)F)NO2)C1)C(F)(F)F. The number of amides is 1. The maximum absolute atomic E-state index is 13.2. The number of carbonyl (C=O) groups is 1. The molecule has 1 aromatic carbocycles. The van der Waals surface area contributed by atoms with E-state index in [1.807, 2.05) is 0 Å². The Kier molecular flexibility index (Phi) is 5.59. The van der Waals surface area contributed by atoms with E-state index in [2.05, 4.69) is 4.99 Å². The minimum atomic E-state index is -4.74. The van der Waals surface area contributed by atoms with Gasteiger partial charge in [0.1, 0.15) is 5.75 Å². The molecule has 1 saturated heterocycles. The summed E-state index contributed by atoms with van der Waals surface area (Å²) in [6.07, 6.45) is -12.7. The summed E-state index contributed by atoms with van der Waals surface area (Å²) in [7, 11) is -3.81. The molecular weight excluding hydrogens is 496 g/mol. The molecule has 4 rings (SSSR count). The smallest absolute Gasteiger partial charge is 0.427 e. The lowest BCUT2D eigenvalue weighted by atomic mass is 10.1. The third kappa shape index (κ3) is 4.42. The Morgan fingerprint density at radius 2 is 1.97 bits per heavy atom. The number of benzene rings is 1.